The van der Waals surface area contributed by atoms with Crippen molar-refractivity contribution in [1.82, 2.24) is 0 Å². The third kappa shape index (κ3) is 2.28. The lowest BCUT2D eigenvalue weighted by atomic mass is 9.49. The Morgan fingerprint density at radius 3 is 2.55 bits per heavy atom. The summed E-state index contributed by atoms with van der Waals surface area (Å²) in [6.45, 7) is 9.45. The lowest BCUT2D eigenvalue weighted by molar-refractivity contribution is -0.133. The molecular weight excluding hydrogens is 272 g/mol. The quantitative estimate of drug-likeness (QED) is 0.810. The van der Waals surface area contributed by atoms with E-state index in [0.717, 1.165) is 38.0 Å². The highest BCUT2D eigenvalue weighted by Crippen LogP contribution is 2.61. The maximum Gasteiger partial charge on any atom is 0.139 e. The van der Waals surface area contributed by atoms with E-state index in [2.05, 4.69) is 27.7 Å². The molecule has 3 rings (SSSR count). The van der Waals surface area contributed by atoms with Gasteiger partial charge in [-0.2, -0.15) is 0 Å². The number of ketones is 1. The highest BCUT2D eigenvalue weighted by atomic mass is 16.3. The van der Waals surface area contributed by atoms with Gasteiger partial charge in [-0.05, 0) is 67.6 Å². The Hall–Kier alpha value is -0.370. The van der Waals surface area contributed by atoms with Gasteiger partial charge in [0.2, 0.25) is 0 Å². The SMILES string of the molecule is CC[C@H]1C[C@@H](O)CC[C@]1(C)C1CC[C@]2(C)C(=O)CCC2C1C. The molecule has 0 aromatic heterocycles. The number of aliphatic hydroxyl groups excluding tert-OH is 1. The van der Waals surface area contributed by atoms with E-state index < -0.39 is 0 Å². The standard InChI is InChI=1S/C20H34O2/c1-5-14-12-15(21)8-10-19(14,3)17-9-11-20(4)16(13(17)2)6-7-18(20)22/h13-17,21H,5-12H2,1-4H3/t13?,14-,15-,16?,17?,19-,20-/m0/s1. The first kappa shape index (κ1) is 16.5. The number of Topliss-reactive ketones (excluding diaryl/α,β-unsaturated/α-hetero) is 1. The first-order valence-electron chi connectivity index (χ1n) is 9.54. The summed E-state index contributed by atoms with van der Waals surface area (Å²) in [5, 5.41) is 10.1. The molecule has 0 radical (unpaired) electrons. The van der Waals surface area contributed by atoms with E-state index in [9.17, 15) is 9.90 Å². The van der Waals surface area contributed by atoms with Crippen LogP contribution in [-0.2, 0) is 4.79 Å². The summed E-state index contributed by atoms with van der Waals surface area (Å²) in [6, 6.07) is 0. The zero-order chi connectivity index (χ0) is 16.1. The maximum atomic E-state index is 12.4. The number of carbonyl (C=O) groups is 1. The van der Waals surface area contributed by atoms with Gasteiger partial charge in [0.05, 0.1) is 6.10 Å². The molecule has 0 saturated heterocycles. The van der Waals surface area contributed by atoms with E-state index in [4.69, 9.17) is 0 Å². The van der Waals surface area contributed by atoms with Crippen LogP contribution in [0.5, 0.6) is 0 Å². The summed E-state index contributed by atoms with van der Waals surface area (Å²) in [4.78, 5) is 12.4. The van der Waals surface area contributed by atoms with Crippen LogP contribution in [0.2, 0.25) is 0 Å². The van der Waals surface area contributed by atoms with Gasteiger partial charge in [-0.1, -0.05) is 34.1 Å². The van der Waals surface area contributed by atoms with Crippen molar-refractivity contribution in [2.45, 2.75) is 85.2 Å². The van der Waals surface area contributed by atoms with Crippen molar-refractivity contribution in [3.8, 4) is 0 Å². The molecule has 2 heteroatoms. The van der Waals surface area contributed by atoms with E-state index in [-0.39, 0.29) is 11.5 Å². The van der Waals surface area contributed by atoms with E-state index in [1.807, 2.05) is 0 Å². The van der Waals surface area contributed by atoms with Crippen molar-refractivity contribution in [3.63, 3.8) is 0 Å². The van der Waals surface area contributed by atoms with Crippen molar-refractivity contribution in [3.05, 3.63) is 0 Å². The molecular formula is C20H34O2. The van der Waals surface area contributed by atoms with Crippen LogP contribution in [0.4, 0.5) is 0 Å². The van der Waals surface area contributed by atoms with Crippen LogP contribution in [0.1, 0.15) is 79.1 Å². The van der Waals surface area contributed by atoms with Gasteiger partial charge in [0.1, 0.15) is 5.78 Å². The molecule has 22 heavy (non-hydrogen) atoms. The van der Waals surface area contributed by atoms with Crippen LogP contribution in [0.3, 0.4) is 0 Å². The molecule has 3 unspecified atom stereocenters. The van der Waals surface area contributed by atoms with Crippen LogP contribution in [0, 0.1) is 34.5 Å². The minimum absolute atomic E-state index is 0.0256. The Bertz CT molecular complexity index is 445. The summed E-state index contributed by atoms with van der Waals surface area (Å²) in [5.74, 6) is 3.15. The number of rotatable bonds is 2. The highest BCUT2D eigenvalue weighted by Gasteiger charge is 2.56. The van der Waals surface area contributed by atoms with Gasteiger partial charge in [0.25, 0.3) is 0 Å². The average Bonchev–Trinajstić information content (AvgIpc) is 2.78. The van der Waals surface area contributed by atoms with Crippen molar-refractivity contribution in [1.29, 1.82) is 0 Å². The molecule has 3 aliphatic carbocycles. The van der Waals surface area contributed by atoms with Crippen LogP contribution < -0.4 is 0 Å². The molecule has 2 nitrogen and oxygen atoms in total. The van der Waals surface area contributed by atoms with E-state index >= 15 is 0 Å². The van der Waals surface area contributed by atoms with Crippen molar-refractivity contribution < 1.29 is 9.90 Å². The zero-order valence-corrected chi connectivity index (χ0v) is 14.9. The summed E-state index contributed by atoms with van der Waals surface area (Å²) in [7, 11) is 0. The lowest BCUT2D eigenvalue weighted by Gasteiger charge is -2.55. The van der Waals surface area contributed by atoms with Crippen LogP contribution in [0.25, 0.3) is 0 Å². The minimum Gasteiger partial charge on any atom is -0.393 e. The number of hydrogen-bond donors (Lipinski definition) is 1. The molecule has 3 saturated carbocycles. The minimum atomic E-state index is -0.0877. The van der Waals surface area contributed by atoms with Gasteiger partial charge < -0.3 is 5.11 Å². The Morgan fingerprint density at radius 2 is 1.86 bits per heavy atom. The summed E-state index contributed by atoms with van der Waals surface area (Å²) in [5.41, 5.74) is 0.336. The fraction of sp³-hybridized carbons (Fsp3) is 0.950. The molecule has 0 spiro atoms. The molecule has 0 amide bonds. The third-order valence-corrected chi connectivity index (χ3v) is 8.23. The highest BCUT2D eigenvalue weighted by molar-refractivity contribution is 5.87. The Kier molecular flexibility index (Phi) is 4.21. The van der Waals surface area contributed by atoms with E-state index in [1.54, 1.807) is 0 Å². The molecule has 0 aliphatic heterocycles. The molecule has 0 aromatic carbocycles. The molecule has 7 atom stereocenters. The number of fused-ring (bicyclic) bond motifs is 1. The number of aliphatic hydroxyl groups is 1. The van der Waals surface area contributed by atoms with Gasteiger partial charge in [-0.15, -0.1) is 0 Å². The summed E-state index contributed by atoms with van der Waals surface area (Å²) in [6.07, 6.45) is 8.44. The predicted octanol–water partition coefficient (Wildman–Crippen LogP) is 4.60. The van der Waals surface area contributed by atoms with Gasteiger partial charge in [0, 0.05) is 11.8 Å². The van der Waals surface area contributed by atoms with Crippen LogP contribution in [-0.4, -0.2) is 17.0 Å². The first-order valence-corrected chi connectivity index (χ1v) is 9.54. The van der Waals surface area contributed by atoms with Crippen LogP contribution in [0.15, 0.2) is 0 Å². The largest absolute Gasteiger partial charge is 0.393 e. The number of carbonyl (C=O) groups excluding carboxylic acids is 1. The van der Waals surface area contributed by atoms with Gasteiger partial charge >= 0.3 is 0 Å². The van der Waals surface area contributed by atoms with Gasteiger partial charge in [-0.3, -0.25) is 4.79 Å². The maximum absolute atomic E-state index is 12.4. The second-order valence-electron chi connectivity index (χ2n) is 9.03. The van der Waals surface area contributed by atoms with Crippen LogP contribution >= 0.6 is 0 Å². The average molecular weight is 306 g/mol. The smallest absolute Gasteiger partial charge is 0.139 e. The molecule has 0 heterocycles. The predicted molar refractivity (Wildman–Crippen MR) is 89.5 cm³/mol. The molecule has 1 N–H and O–H groups in total. The first-order chi connectivity index (χ1) is 10.3. The Morgan fingerprint density at radius 1 is 1.14 bits per heavy atom. The second kappa shape index (κ2) is 5.61. The van der Waals surface area contributed by atoms with Gasteiger partial charge in [0.15, 0.2) is 0 Å². The third-order valence-electron chi connectivity index (χ3n) is 8.23. The zero-order valence-electron chi connectivity index (χ0n) is 14.9. The lowest BCUT2D eigenvalue weighted by Crippen LogP contribution is -2.50. The summed E-state index contributed by atoms with van der Waals surface area (Å²) >= 11 is 0. The van der Waals surface area contributed by atoms with E-state index in [1.165, 1.54) is 19.3 Å². The molecule has 0 aromatic rings. The fourth-order valence-electron chi connectivity index (χ4n) is 6.71. The molecule has 3 fully saturated rings. The van der Waals surface area contributed by atoms with Crippen molar-refractivity contribution >= 4 is 5.78 Å². The Balaban J connectivity index is 1.85. The summed E-state index contributed by atoms with van der Waals surface area (Å²) < 4.78 is 0. The molecule has 0 bridgehead atoms. The fourth-order valence-corrected chi connectivity index (χ4v) is 6.71. The van der Waals surface area contributed by atoms with Crippen molar-refractivity contribution in [2.75, 3.05) is 0 Å². The Labute approximate surface area is 136 Å². The monoisotopic (exact) mass is 306 g/mol. The van der Waals surface area contributed by atoms with Crippen molar-refractivity contribution in [2.24, 2.45) is 34.5 Å². The topological polar surface area (TPSA) is 37.3 Å². The normalized spacial score (nSPS) is 52.6. The number of hydrogen-bond acceptors (Lipinski definition) is 2. The second-order valence-corrected chi connectivity index (χ2v) is 9.03. The van der Waals surface area contributed by atoms with Gasteiger partial charge in [-0.25, -0.2) is 0 Å². The molecule has 3 aliphatic rings. The van der Waals surface area contributed by atoms with E-state index in [0.29, 0.717) is 29.0 Å². The molecule has 126 valence electrons.